The van der Waals surface area contributed by atoms with Gasteiger partial charge in [0.05, 0.1) is 27.7 Å². The molecule has 0 aliphatic rings. The summed E-state index contributed by atoms with van der Waals surface area (Å²) in [7, 11) is 1.14. The highest BCUT2D eigenvalue weighted by Gasteiger charge is 2.22. The lowest BCUT2D eigenvalue weighted by atomic mass is 10.0. The summed E-state index contributed by atoms with van der Waals surface area (Å²) in [6, 6.07) is 0. The summed E-state index contributed by atoms with van der Waals surface area (Å²) in [6.07, 6.45) is 120. The second-order valence-electron chi connectivity index (χ2n) is 27.7. The van der Waals surface area contributed by atoms with Gasteiger partial charge in [-0.05, 0) is 135 Å². The van der Waals surface area contributed by atoms with Gasteiger partial charge in [-0.1, -0.05) is 357 Å². The number of carbonyl (C=O) groups is 2. The molecular formula is C90H150NO8P. The Bertz CT molecular complexity index is 2350. The first-order valence-corrected chi connectivity index (χ1v) is 42.0. The summed E-state index contributed by atoms with van der Waals surface area (Å²) in [5.41, 5.74) is 0. The zero-order valence-corrected chi connectivity index (χ0v) is 65.7. The monoisotopic (exact) mass is 1400 g/mol. The molecule has 0 aromatic rings. The Morgan fingerprint density at radius 1 is 0.310 bits per heavy atom. The van der Waals surface area contributed by atoms with Crippen LogP contribution in [0.2, 0.25) is 0 Å². The molecule has 0 aromatic carbocycles. The molecule has 0 rings (SSSR count). The Morgan fingerprint density at radius 3 is 0.800 bits per heavy atom. The maximum absolute atomic E-state index is 12.9. The van der Waals surface area contributed by atoms with Gasteiger partial charge in [-0.15, -0.1) is 0 Å². The number of nitrogens with zero attached hydrogens (tertiary/aromatic N) is 1. The highest BCUT2D eigenvalue weighted by atomic mass is 31.2. The minimum absolute atomic E-state index is 0.0411. The van der Waals surface area contributed by atoms with Crippen LogP contribution < -0.4 is 4.89 Å². The van der Waals surface area contributed by atoms with Gasteiger partial charge in [-0.3, -0.25) is 14.2 Å². The molecule has 0 aromatic heterocycles. The Balaban J connectivity index is 4.03. The summed E-state index contributed by atoms with van der Waals surface area (Å²) in [4.78, 5) is 38.2. The number of phosphoric ester groups is 1. The van der Waals surface area contributed by atoms with Gasteiger partial charge in [0.15, 0.2) is 6.10 Å². The molecule has 568 valence electrons. The molecule has 10 heteroatoms. The average Bonchev–Trinajstić information content (AvgIpc) is 1.02. The molecule has 0 radical (unpaired) electrons. The fourth-order valence-electron chi connectivity index (χ4n) is 10.8. The first-order valence-electron chi connectivity index (χ1n) is 40.5. The summed E-state index contributed by atoms with van der Waals surface area (Å²) >= 11 is 0. The van der Waals surface area contributed by atoms with Crippen molar-refractivity contribution in [1.82, 2.24) is 0 Å². The van der Waals surface area contributed by atoms with Gasteiger partial charge in [0.2, 0.25) is 0 Å². The largest absolute Gasteiger partial charge is 0.756 e. The van der Waals surface area contributed by atoms with Crippen LogP contribution in [0.1, 0.15) is 322 Å². The van der Waals surface area contributed by atoms with Gasteiger partial charge in [0, 0.05) is 12.8 Å². The minimum Gasteiger partial charge on any atom is -0.756 e. The number of phosphoric acid groups is 1. The third-order valence-electron chi connectivity index (χ3n) is 16.9. The van der Waals surface area contributed by atoms with E-state index in [1.165, 1.54) is 135 Å². The predicted molar refractivity (Wildman–Crippen MR) is 433 cm³/mol. The highest BCUT2D eigenvalue weighted by Crippen LogP contribution is 2.38. The van der Waals surface area contributed by atoms with E-state index in [4.69, 9.17) is 18.5 Å². The Morgan fingerprint density at radius 2 is 0.540 bits per heavy atom. The second-order valence-corrected chi connectivity index (χ2v) is 29.1. The number of carbonyl (C=O) groups excluding carboxylic acids is 2. The van der Waals surface area contributed by atoms with Crippen LogP contribution in [-0.2, 0) is 32.7 Å². The average molecular weight is 1410 g/mol. The zero-order chi connectivity index (χ0) is 72.5. The molecule has 0 spiro atoms. The molecule has 0 bridgehead atoms. The predicted octanol–water partition coefficient (Wildman–Crippen LogP) is 26.8. The van der Waals surface area contributed by atoms with E-state index >= 15 is 0 Å². The number of unbranched alkanes of at least 4 members (excludes halogenated alkanes) is 29. The number of esters is 2. The van der Waals surface area contributed by atoms with Crippen LogP contribution >= 0.6 is 7.82 Å². The van der Waals surface area contributed by atoms with E-state index in [1.54, 1.807) is 0 Å². The number of hydrogen-bond donors (Lipinski definition) is 0. The van der Waals surface area contributed by atoms with Crippen LogP contribution in [0.3, 0.4) is 0 Å². The molecule has 100 heavy (non-hydrogen) atoms. The molecule has 2 unspecified atom stereocenters. The van der Waals surface area contributed by atoms with Crippen molar-refractivity contribution in [2.75, 3.05) is 47.5 Å². The zero-order valence-electron chi connectivity index (χ0n) is 64.8. The van der Waals surface area contributed by atoms with Crippen molar-refractivity contribution in [3.8, 4) is 0 Å². The van der Waals surface area contributed by atoms with Crippen molar-refractivity contribution >= 4 is 19.8 Å². The van der Waals surface area contributed by atoms with Crippen molar-refractivity contribution in [3.63, 3.8) is 0 Å². The third kappa shape index (κ3) is 82.1. The number of ether oxygens (including phenoxy) is 2. The summed E-state index contributed by atoms with van der Waals surface area (Å²) in [5, 5.41) is 0. The minimum atomic E-state index is -4.66. The molecule has 0 aliphatic heterocycles. The van der Waals surface area contributed by atoms with E-state index in [2.05, 4.69) is 196 Å². The number of hydrogen-bond acceptors (Lipinski definition) is 8. The lowest BCUT2D eigenvalue weighted by molar-refractivity contribution is -0.870. The molecule has 0 fully saturated rings. The quantitative estimate of drug-likeness (QED) is 0.0195. The van der Waals surface area contributed by atoms with E-state index in [-0.39, 0.29) is 32.0 Å². The normalized spacial score (nSPS) is 14.0. The summed E-state index contributed by atoms with van der Waals surface area (Å²) in [6.45, 7) is 4.00. The van der Waals surface area contributed by atoms with Crippen molar-refractivity contribution in [2.45, 2.75) is 328 Å². The molecule has 0 saturated heterocycles. The van der Waals surface area contributed by atoms with Crippen LogP contribution in [0.5, 0.6) is 0 Å². The molecule has 2 atom stereocenters. The van der Waals surface area contributed by atoms with Gasteiger partial charge >= 0.3 is 11.9 Å². The van der Waals surface area contributed by atoms with Crippen LogP contribution in [0.15, 0.2) is 182 Å². The van der Waals surface area contributed by atoms with Gasteiger partial charge in [0.1, 0.15) is 19.8 Å². The molecule has 0 heterocycles. The number of likely N-dealkylation sites (N-methyl/N-ethyl adjacent to an activating group) is 1. The van der Waals surface area contributed by atoms with Crippen molar-refractivity contribution in [3.05, 3.63) is 182 Å². The maximum Gasteiger partial charge on any atom is 0.306 e. The van der Waals surface area contributed by atoms with E-state index in [0.717, 1.165) is 154 Å². The van der Waals surface area contributed by atoms with E-state index in [0.29, 0.717) is 17.4 Å². The topological polar surface area (TPSA) is 111 Å². The number of rotatable bonds is 73. The first kappa shape index (κ1) is 95.1. The van der Waals surface area contributed by atoms with Crippen LogP contribution in [0.25, 0.3) is 0 Å². The van der Waals surface area contributed by atoms with E-state index < -0.39 is 26.5 Å². The SMILES string of the molecule is CC/C=C\C/C=C\C/C=C\C/C=C\C/C=C\C/C=C\C/C=C\C/C=C\C/C=C\C/C=C\CCCCCCCCC(=O)OC(COC(=O)CCCCCCCCCCCCCCCCCCCCCCCCC/C=C\C/C=C\C/C=C\C/C=C\C/C=C\CC)COP(=O)([O-])OCC[N+](C)(C)C. The van der Waals surface area contributed by atoms with E-state index in [1.807, 2.05) is 21.1 Å². The summed E-state index contributed by atoms with van der Waals surface area (Å²) in [5.74, 6) is -0.850. The Kier molecular flexibility index (Phi) is 74.4. The Hall–Kier alpha value is -4.89. The number of quaternary nitrogens is 1. The van der Waals surface area contributed by atoms with Gasteiger partial charge in [-0.25, -0.2) is 0 Å². The fourth-order valence-corrected chi connectivity index (χ4v) is 11.6. The van der Waals surface area contributed by atoms with Crippen LogP contribution in [0.4, 0.5) is 0 Å². The fraction of sp³-hybridized carbons (Fsp3) is 0.644. The van der Waals surface area contributed by atoms with Crippen LogP contribution in [0, 0.1) is 0 Å². The van der Waals surface area contributed by atoms with Gasteiger partial charge in [0.25, 0.3) is 7.82 Å². The smallest absolute Gasteiger partial charge is 0.306 e. The lowest BCUT2D eigenvalue weighted by Gasteiger charge is -2.28. The molecule has 0 saturated carbocycles. The molecular weight excluding hydrogens is 1250 g/mol. The molecule has 0 amide bonds. The second kappa shape index (κ2) is 78.3. The van der Waals surface area contributed by atoms with Gasteiger partial charge < -0.3 is 27.9 Å². The molecule has 0 N–H and O–H groups in total. The highest BCUT2D eigenvalue weighted by molar-refractivity contribution is 7.45. The Labute approximate surface area is 616 Å². The van der Waals surface area contributed by atoms with Gasteiger partial charge in [-0.2, -0.15) is 0 Å². The lowest BCUT2D eigenvalue weighted by Crippen LogP contribution is -2.37. The summed E-state index contributed by atoms with van der Waals surface area (Å²) < 4.78 is 34.4. The van der Waals surface area contributed by atoms with Crippen LogP contribution in [-0.4, -0.2) is 70.0 Å². The molecule has 9 nitrogen and oxygen atoms in total. The number of allylic oxidation sites excluding steroid dienone is 30. The molecule has 0 aliphatic carbocycles. The van der Waals surface area contributed by atoms with Crippen molar-refractivity contribution in [1.29, 1.82) is 0 Å². The maximum atomic E-state index is 12.9. The third-order valence-corrected chi connectivity index (χ3v) is 17.9. The van der Waals surface area contributed by atoms with E-state index in [9.17, 15) is 19.0 Å². The standard InChI is InChI=1S/C90H150NO8P/c1-6-8-10-12-14-16-18-20-22-24-26-28-30-32-34-36-38-40-42-44-45-47-48-50-52-54-56-58-60-62-64-66-68-70-72-74-76-78-80-82-89(92)96-86-88(87-98-100(94,95)97-85-84-91(3,4)5)99-90(93)83-81-79-77-75-73-71-69-67-65-63-61-59-57-55-53-51-49-46-43-41-39-37-35-33-31-29-27-25-23-21-19-17-15-13-11-9-7-2/h8-11,14-17,20-23,26-29,32-35,39,41,46,49,53,55,59,61,65,67,88H,6-7,12-13,18-19,24-25,30-31,36-38,40,42-45,47-48,50-52,54,56-58,60,62-64,66,68-87H2,1-5H3/b10-8-,11-9-,16-14-,17-15-,22-20-,23-21-,28-26-,29-27-,34-32-,35-33-,41-39-,49-46-,55-53-,61-59-,67-65-. The first-order chi connectivity index (χ1) is 49.0. The van der Waals surface area contributed by atoms with Crippen molar-refractivity contribution < 1.29 is 42.1 Å². The van der Waals surface area contributed by atoms with Crippen molar-refractivity contribution in [2.24, 2.45) is 0 Å².